The van der Waals surface area contributed by atoms with Gasteiger partial charge in [0.15, 0.2) is 0 Å². The van der Waals surface area contributed by atoms with Gasteiger partial charge in [-0.25, -0.2) is 0 Å². The lowest BCUT2D eigenvalue weighted by molar-refractivity contribution is 0.766. The zero-order valence-corrected chi connectivity index (χ0v) is 6.70. The fourth-order valence-electron chi connectivity index (χ4n) is 0.406. The van der Waals surface area contributed by atoms with E-state index in [0.29, 0.717) is 12.3 Å². The summed E-state index contributed by atoms with van der Waals surface area (Å²) in [7, 11) is 0. The molecule has 0 aliphatic heterocycles. The van der Waals surface area contributed by atoms with Crippen molar-refractivity contribution in [2.75, 3.05) is 12.3 Å². The minimum Gasteiger partial charge on any atom is -0.377 e. The van der Waals surface area contributed by atoms with E-state index in [-0.39, 0.29) is 6.04 Å². The molecule has 0 aromatic rings. The van der Waals surface area contributed by atoms with E-state index in [9.17, 15) is 0 Å². The highest BCUT2D eigenvalue weighted by Crippen LogP contribution is 1.92. The van der Waals surface area contributed by atoms with Crippen molar-refractivity contribution < 1.29 is 0 Å². The Balaban J connectivity index is 3.54. The van der Waals surface area contributed by atoms with E-state index in [1.807, 2.05) is 0 Å². The Kier molecular flexibility index (Phi) is 4.91. The number of rotatable bonds is 4. The molecular weight excluding hydrogens is 144 g/mol. The quantitative estimate of drug-likeness (QED) is 0.395. The molecular formula is C7H12N2S. The largest absolute Gasteiger partial charge is 0.377 e. The summed E-state index contributed by atoms with van der Waals surface area (Å²) < 4.78 is 0. The molecule has 0 aromatic heterocycles. The van der Waals surface area contributed by atoms with Crippen LogP contribution in [0.1, 0.15) is 0 Å². The van der Waals surface area contributed by atoms with Crippen molar-refractivity contribution in [1.29, 1.82) is 0 Å². The standard InChI is InChI=1S/C7H12N2S/c1-3-4-9-6(2)7(8)5-10/h1,7,9-10H,2,4-5,8H2. The average Bonchev–Trinajstić information content (AvgIpc) is 1.98. The predicted molar refractivity (Wildman–Crippen MR) is 47.8 cm³/mol. The van der Waals surface area contributed by atoms with E-state index < -0.39 is 0 Å². The molecule has 0 bridgehead atoms. The van der Waals surface area contributed by atoms with Crippen molar-refractivity contribution in [2.45, 2.75) is 6.04 Å². The second-order valence-corrected chi connectivity index (χ2v) is 2.24. The van der Waals surface area contributed by atoms with Gasteiger partial charge < -0.3 is 11.1 Å². The van der Waals surface area contributed by atoms with Gasteiger partial charge in [-0.15, -0.1) is 6.42 Å². The van der Waals surface area contributed by atoms with Gasteiger partial charge in [0, 0.05) is 11.4 Å². The Morgan fingerprint density at radius 2 is 2.50 bits per heavy atom. The zero-order valence-electron chi connectivity index (χ0n) is 5.80. The molecule has 3 N–H and O–H groups in total. The van der Waals surface area contributed by atoms with Gasteiger partial charge in [0.05, 0.1) is 12.6 Å². The molecule has 0 aliphatic rings. The summed E-state index contributed by atoms with van der Waals surface area (Å²) in [6.07, 6.45) is 5.00. The first kappa shape index (κ1) is 9.41. The second kappa shape index (κ2) is 5.21. The first-order chi connectivity index (χ1) is 4.72. The summed E-state index contributed by atoms with van der Waals surface area (Å²) in [4.78, 5) is 0. The van der Waals surface area contributed by atoms with Crippen molar-refractivity contribution in [1.82, 2.24) is 5.32 Å². The number of hydrogen-bond donors (Lipinski definition) is 3. The maximum Gasteiger partial charge on any atom is 0.0760 e. The van der Waals surface area contributed by atoms with Crippen molar-refractivity contribution in [2.24, 2.45) is 5.73 Å². The molecule has 1 unspecified atom stereocenters. The van der Waals surface area contributed by atoms with Gasteiger partial charge in [-0.2, -0.15) is 12.6 Å². The molecule has 0 heterocycles. The zero-order chi connectivity index (χ0) is 7.98. The number of terminal acetylenes is 1. The summed E-state index contributed by atoms with van der Waals surface area (Å²) in [5.74, 6) is 3.00. The van der Waals surface area contributed by atoms with E-state index in [1.54, 1.807) is 0 Å². The SMILES string of the molecule is C#CCNC(=C)C(N)CS. The van der Waals surface area contributed by atoms with Gasteiger partial charge in [0.2, 0.25) is 0 Å². The van der Waals surface area contributed by atoms with Crippen molar-refractivity contribution in [3.05, 3.63) is 12.3 Å². The summed E-state index contributed by atoms with van der Waals surface area (Å²) >= 11 is 4.00. The van der Waals surface area contributed by atoms with Crippen molar-refractivity contribution in [3.63, 3.8) is 0 Å². The van der Waals surface area contributed by atoms with Crippen LogP contribution in [-0.2, 0) is 0 Å². The molecule has 0 aromatic carbocycles. The maximum absolute atomic E-state index is 5.55. The first-order valence-electron chi connectivity index (χ1n) is 2.95. The Morgan fingerprint density at radius 1 is 1.90 bits per heavy atom. The number of thiol groups is 1. The molecule has 2 nitrogen and oxygen atoms in total. The molecule has 0 spiro atoms. The van der Waals surface area contributed by atoms with E-state index in [0.717, 1.165) is 5.70 Å². The van der Waals surface area contributed by atoms with Gasteiger partial charge in [0.1, 0.15) is 0 Å². The van der Waals surface area contributed by atoms with Gasteiger partial charge in [0.25, 0.3) is 0 Å². The van der Waals surface area contributed by atoms with Crippen LogP contribution in [-0.4, -0.2) is 18.3 Å². The Bertz CT molecular complexity index is 148. The monoisotopic (exact) mass is 156 g/mol. The van der Waals surface area contributed by atoms with Crippen LogP contribution >= 0.6 is 12.6 Å². The molecule has 0 saturated heterocycles. The predicted octanol–water partition coefficient (Wildman–Crippen LogP) is -0.0200. The average molecular weight is 156 g/mol. The Hall–Kier alpha value is -0.590. The number of hydrogen-bond acceptors (Lipinski definition) is 3. The normalized spacial score (nSPS) is 11.7. The van der Waals surface area contributed by atoms with Crippen LogP contribution in [0.15, 0.2) is 12.3 Å². The highest BCUT2D eigenvalue weighted by Gasteiger charge is 2.01. The topological polar surface area (TPSA) is 38.0 Å². The van der Waals surface area contributed by atoms with E-state index in [2.05, 4.69) is 30.4 Å². The van der Waals surface area contributed by atoms with E-state index in [1.165, 1.54) is 0 Å². The molecule has 0 amide bonds. The summed E-state index contributed by atoms with van der Waals surface area (Å²) in [6.45, 7) is 4.15. The molecule has 1 atom stereocenters. The molecule has 10 heavy (non-hydrogen) atoms. The van der Waals surface area contributed by atoms with Crippen LogP contribution in [0, 0.1) is 12.3 Å². The first-order valence-corrected chi connectivity index (χ1v) is 3.58. The van der Waals surface area contributed by atoms with Gasteiger partial charge in [-0.05, 0) is 0 Å². The lowest BCUT2D eigenvalue weighted by Gasteiger charge is -2.11. The highest BCUT2D eigenvalue weighted by atomic mass is 32.1. The summed E-state index contributed by atoms with van der Waals surface area (Å²) in [5, 5.41) is 2.88. The molecule has 0 fully saturated rings. The van der Waals surface area contributed by atoms with Crippen LogP contribution in [0.25, 0.3) is 0 Å². The van der Waals surface area contributed by atoms with Crippen LogP contribution in [0.2, 0.25) is 0 Å². The second-order valence-electron chi connectivity index (χ2n) is 1.87. The van der Waals surface area contributed by atoms with Gasteiger partial charge >= 0.3 is 0 Å². The lowest BCUT2D eigenvalue weighted by Crippen LogP contribution is -2.32. The van der Waals surface area contributed by atoms with Crippen molar-refractivity contribution >= 4 is 12.6 Å². The fraction of sp³-hybridized carbons (Fsp3) is 0.429. The lowest BCUT2D eigenvalue weighted by atomic mass is 10.3. The number of nitrogens with one attached hydrogen (secondary N) is 1. The molecule has 56 valence electrons. The third-order valence-electron chi connectivity index (χ3n) is 1.06. The van der Waals surface area contributed by atoms with Crippen LogP contribution < -0.4 is 11.1 Å². The van der Waals surface area contributed by atoms with Crippen LogP contribution in [0.4, 0.5) is 0 Å². The van der Waals surface area contributed by atoms with Gasteiger partial charge in [-0.3, -0.25) is 0 Å². The number of nitrogens with two attached hydrogens (primary N) is 1. The van der Waals surface area contributed by atoms with E-state index in [4.69, 9.17) is 12.2 Å². The third kappa shape index (κ3) is 3.44. The molecule has 3 heteroatoms. The van der Waals surface area contributed by atoms with E-state index >= 15 is 0 Å². The Labute approximate surface area is 67.3 Å². The van der Waals surface area contributed by atoms with Crippen LogP contribution in [0.3, 0.4) is 0 Å². The highest BCUT2D eigenvalue weighted by molar-refractivity contribution is 7.80. The maximum atomic E-state index is 5.55. The molecule has 0 radical (unpaired) electrons. The minimum atomic E-state index is -0.114. The molecule has 0 rings (SSSR count). The Morgan fingerprint density at radius 3 is 2.90 bits per heavy atom. The third-order valence-corrected chi connectivity index (χ3v) is 1.46. The smallest absolute Gasteiger partial charge is 0.0760 e. The summed E-state index contributed by atoms with van der Waals surface area (Å²) in [6, 6.07) is -0.114. The fourth-order valence-corrected chi connectivity index (χ4v) is 0.626. The molecule has 0 saturated carbocycles. The van der Waals surface area contributed by atoms with Crippen LogP contribution in [0.5, 0.6) is 0 Å². The minimum absolute atomic E-state index is 0.114. The molecule has 0 aliphatic carbocycles. The van der Waals surface area contributed by atoms with Crippen molar-refractivity contribution in [3.8, 4) is 12.3 Å². The summed E-state index contributed by atoms with van der Waals surface area (Å²) in [5.41, 5.74) is 6.29. The van der Waals surface area contributed by atoms with Gasteiger partial charge in [-0.1, -0.05) is 12.5 Å².